The van der Waals surface area contributed by atoms with Crippen LogP contribution in [0, 0.1) is 0 Å². The summed E-state index contributed by atoms with van der Waals surface area (Å²) in [5.41, 5.74) is 0.846. The normalized spacial score (nSPS) is 24.2. The molecule has 0 bridgehead atoms. The maximum absolute atomic E-state index is 12.2. The van der Waals surface area contributed by atoms with E-state index in [1.165, 1.54) is 6.20 Å². The molecular weight excluding hydrogens is 367 g/mol. The van der Waals surface area contributed by atoms with Gasteiger partial charge in [0.2, 0.25) is 5.91 Å². The molecule has 0 spiro atoms. The number of carbonyl (C=O) groups is 1. The number of fused-ring (bicyclic) bond motifs is 1. The van der Waals surface area contributed by atoms with Crippen molar-refractivity contribution in [2.75, 3.05) is 4.90 Å². The highest BCUT2D eigenvalue weighted by Crippen LogP contribution is 2.36. The Bertz CT molecular complexity index is 662. The van der Waals surface area contributed by atoms with E-state index >= 15 is 0 Å². The lowest BCUT2D eigenvalue weighted by molar-refractivity contribution is -0.120. The molecule has 1 aromatic heterocycles. The SMILES string of the molecule is [B]C([B])(Br)C([B])([B])Oc1cnc2c(c1)CCC(=O)N2C1CC(O)C1. The van der Waals surface area contributed by atoms with E-state index in [0.29, 0.717) is 37.3 Å². The molecule has 1 N–H and O–H groups in total. The van der Waals surface area contributed by atoms with Crippen LogP contribution in [0.25, 0.3) is 0 Å². The zero-order valence-corrected chi connectivity index (χ0v) is 14.6. The molecule has 2 heterocycles. The molecule has 116 valence electrons. The van der Waals surface area contributed by atoms with Crippen LogP contribution in [0.4, 0.5) is 5.82 Å². The number of aromatic nitrogens is 1. The summed E-state index contributed by atoms with van der Waals surface area (Å²) in [6, 6.07) is 1.71. The van der Waals surface area contributed by atoms with Gasteiger partial charge in [-0.25, -0.2) is 4.98 Å². The van der Waals surface area contributed by atoms with Gasteiger partial charge in [-0.05, 0) is 35.0 Å². The Labute approximate surface area is 154 Å². The second-order valence-electron chi connectivity index (χ2n) is 6.36. The summed E-state index contributed by atoms with van der Waals surface area (Å²) in [4.78, 5) is 18.2. The predicted molar refractivity (Wildman–Crippen MR) is 97.1 cm³/mol. The molecule has 0 unspecified atom stereocenters. The molecule has 1 fully saturated rings. The fourth-order valence-electron chi connectivity index (χ4n) is 2.84. The lowest BCUT2D eigenvalue weighted by atomic mass is 9.45. The largest absolute Gasteiger partial charge is 0.505 e. The Hall–Kier alpha value is -0.880. The van der Waals surface area contributed by atoms with E-state index in [9.17, 15) is 9.90 Å². The average molecular weight is 380 g/mol. The molecule has 8 radical (unpaired) electrons. The lowest BCUT2D eigenvalue weighted by Gasteiger charge is -2.43. The summed E-state index contributed by atoms with van der Waals surface area (Å²) in [5, 5.41) is 7.64. The van der Waals surface area contributed by atoms with Gasteiger partial charge in [-0.2, -0.15) is 0 Å². The average Bonchev–Trinajstić information content (AvgIpc) is 2.43. The summed E-state index contributed by atoms with van der Waals surface area (Å²) < 4.78 is 3.83. The van der Waals surface area contributed by atoms with Crippen molar-refractivity contribution in [3.63, 3.8) is 0 Å². The van der Waals surface area contributed by atoms with E-state index < -0.39 is 9.52 Å². The highest BCUT2D eigenvalue weighted by molar-refractivity contribution is 9.11. The quantitative estimate of drug-likeness (QED) is 0.573. The van der Waals surface area contributed by atoms with E-state index in [2.05, 4.69) is 20.9 Å². The number of carbonyl (C=O) groups excluding carboxylic acids is 1. The lowest BCUT2D eigenvalue weighted by Crippen LogP contribution is -2.56. The molecule has 2 aliphatic rings. The number of hydrogen-bond acceptors (Lipinski definition) is 4. The smallest absolute Gasteiger partial charge is 0.228 e. The van der Waals surface area contributed by atoms with Gasteiger partial charge in [0, 0.05) is 17.9 Å². The minimum Gasteiger partial charge on any atom is -0.505 e. The number of rotatable bonds is 4. The van der Waals surface area contributed by atoms with Gasteiger partial charge >= 0.3 is 0 Å². The number of aryl methyl sites for hydroxylation is 1. The van der Waals surface area contributed by atoms with Crippen LogP contribution in [0.2, 0.25) is 0 Å². The predicted octanol–water partition coefficient (Wildman–Crippen LogP) is -0.361. The third kappa shape index (κ3) is 3.27. The molecule has 1 saturated carbocycles. The van der Waals surface area contributed by atoms with Gasteiger partial charge in [0.1, 0.15) is 27.3 Å². The van der Waals surface area contributed by atoms with Crippen LogP contribution in [-0.4, -0.2) is 69.1 Å². The second-order valence-corrected chi connectivity index (χ2v) is 7.67. The Kier molecular flexibility index (Phi) is 4.58. The van der Waals surface area contributed by atoms with Gasteiger partial charge in [0.25, 0.3) is 0 Å². The number of ether oxygens (including phenoxy) is 1. The monoisotopic (exact) mass is 380 g/mol. The molecule has 10 heteroatoms. The molecule has 0 atom stereocenters. The summed E-state index contributed by atoms with van der Waals surface area (Å²) in [5.74, 6) is 0.901. The molecular formula is C14H13B4BrN2O3. The van der Waals surface area contributed by atoms with Crippen LogP contribution < -0.4 is 9.64 Å². The molecule has 3 rings (SSSR count). The molecule has 24 heavy (non-hydrogen) atoms. The summed E-state index contributed by atoms with van der Waals surface area (Å²) in [6.45, 7) is 0. The van der Waals surface area contributed by atoms with Gasteiger partial charge in [-0.1, -0.05) is 0 Å². The maximum atomic E-state index is 12.2. The Morgan fingerprint density at radius 2 is 1.96 bits per heavy atom. The molecule has 0 aromatic carbocycles. The number of amides is 1. The number of halogens is 1. The highest BCUT2D eigenvalue weighted by Gasteiger charge is 2.39. The van der Waals surface area contributed by atoms with Gasteiger partial charge < -0.3 is 9.84 Å². The first kappa shape index (κ1) is 17.9. The van der Waals surface area contributed by atoms with E-state index in [0.717, 1.165) is 5.56 Å². The van der Waals surface area contributed by atoms with E-state index in [-0.39, 0.29) is 18.1 Å². The number of hydrogen-bond donors (Lipinski definition) is 1. The third-order valence-corrected chi connectivity index (χ3v) is 4.98. The Balaban J connectivity index is 1.85. The number of aliphatic hydroxyl groups is 1. The number of aliphatic hydroxyl groups excluding tert-OH is 1. The van der Waals surface area contributed by atoms with E-state index in [1.54, 1.807) is 11.0 Å². The van der Waals surface area contributed by atoms with Crippen LogP contribution in [-0.2, 0) is 11.2 Å². The van der Waals surface area contributed by atoms with Crippen molar-refractivity contribution in [2.45, 2.75) is 47.4 Å². The molecule has 1 amide bonds. The zero-order valence-electron chi connectivity index (χ0n) is 13.0. The van der Waals surface area contributed by atoms with Crippen molar-refractivity contribution in [3.8, 4) is 5.75 Å². The Morgan fingerprint density at radius 3 is 2.54 bits per heavy atom. The number of nitrogens with zero attached hydrogens (tertiary/aromatic N) is 2. The van der Waals surface area contributed by atoms with Gasteiger partial charge in [-0.15, -0.1) is 15.9 Å². The van der Waals surface area contributed by atoms with Gasteiger partial charge in [0.15, 0.2) is 0 Å². The first-order valence-corrected chi connectivity index (χ1v) is 8.40. The summed E-state index contributed by atoms with van der Waals surface area (Å²) >= 11 is 2.98. The molecule has 0 saturated heterocycles. The number of alkyl halides is 1. The van der Waals surface area contributed by atoms with Crippen molar-refractivity contribution in [3.05, 3.63) is 17.8 Å². The molecule has 1 aliphatic heterocycles. The number of pyridine rings is 1. The van der Waals surface area contributed by atoms with Crippen molar-refractivity contribution in [1.82, 2.24) is 4.98 Å². The van der Waals surface area contributed by atoms with Crippen molar-refractivity contribution < 1.29 is 14.6 Å². The summed E-state index contributed by atoms with van der Waals surface area (Å²) in [7, 11) is 22.8. The second kappa shape index (κ2) is 6.13. The first-order chi connectivity index (χ1) is 11.1. The minimum atomic E-state index is -1.86. The highest BCUT2D eigenvalue weighted by atomic mass is 79.9. The van der Waals surface area contributed by atoms with Crippen LogP contribution in [0.5, 0.6) is 5.75 Å². The van der Waals surface area contributed by atoms with Crippen molar-refractivity contribution in [1.29, 1.82) is 0 Å². The van der Waals surface area contributed by atoms with Crippen LogP contribution in [0.1, 0.15) is 24.8 Å². The van der Waals surface area contributed by atoms with Gasteiger partial charge in [-0.3, -0.25) is 9.69 Å². The molecule has 5 nitrogen and oxygen atoms in total. The van der Waals surface area contributed by atoms with E-state index in [1.807, 2.05) is 0 Å². The maximum Gasteiger partial charge on any atom is 0.228 e. The van der Waals surface area contributed by atoms with Crippen molar-refractivity contribution in [2.24, 2.45) is 0 Å². The van der Waals surface area contributed by atoms with Crippen LogP contribution >= 0.6 is 15.9 Å². The standard InChI is InChI=1S/C14H13B4BrN2O3/c15-13(16,19)14(17,18)24-10-3-7-1-2-11(23)21(12(7)20-6-10)8-4-9(22)5-8/h3,6,8-9,22H,1-2,4-5H2. The van der Waals surface area contributed by atoms with Crippen LogP contribution in [0.15, 0.2) is 12.3 Å². The van der Waals surface area contributed by atoms with Crippen LogP contribution in [0.3, 0.4) is 0 Å². The fraction of sp³-hybridized carbons (Fsp3) is 0.571. The first-order valence-electron chi connectivity index (χ1n) is 7.61. The number of anilines is 1. The Morgan fingerprint density at radius 1 is 1.29 bits per heavy atom. The summed E-state index contributed by atoms with van der Waals surface area (Å²) in [6.07, 6.45) is 3.10. The van der Waals surface area contributed by atoms with Gasteiger partial charge in [0.05, 0.1) is 28.0 Å². The molecule has 1 aromatic rings. The topological polar surface area (TPSA) is 62.7 Å². The zero-order chi connectivity index (χ0) is 17.7. The van der Waals surface area contributed by atoms with E-state index in [4.69, 9.17) is 36.1 Å². The fourth-order valence-corrected chi connectivity index (χ4v) is 2.92. The molecule has 1 aliphatic carbocycles. The third-order valence-electron chi connectivity index (χ3n) is 4.36. The minimum absolute atomic E-state index is 0.0101. The van der Waals surface area contributed by atoms with Crippen molar-refractivity contribution >= 4 is 59.0 Å².